The van der Waals surface area contributed by atoms with Gasteiger partial charge in [0.2, 0.25) is 0 Å². The van der Waals surface area contributed by atoms with E-state index in [0.29, 0.717) is 11.4 Å². The Morgan fingerprint density at radius 2 is 0.937 bits per heavy atom. The minimum Gasteiger partial charge on any atom is -0.452 e. The zero-order chi connectivity index (χ0) is 41.7. The molecule has 0 fully saturated rings. The molecule has 0 bridgehead atoms. The Morgan fingerprint density at radius 3 is 1.62 bits per heavy atom. The van der Waals surface area contributed by atoms with Gasteiger partial charge >= 0.3 is 0 Å². The molecule has 0 N–H and O–H groups in total. The molecular weight excluding hydrogens is 787 g/mol. The van der Waals surface area contributed by atoms with Crippen LogP contribution in [0.15, 0.2) is 229 Å². The summed E-state index contributed by atoms with van der Waals surface area (Å²) in [6.45, 7) is 0. The van der Waals surface area contributed by atoms with E-state index in [1.54, 1.807) is 0 Å². The number of aromatic nitrogens is 2. The molecule has 0 radical (unpaired) electrons. The quantitative estimate of drug-likeness (QED) is 0.153. The fourth-order valence-electron chi connectivity index (χ4n) is 8.85. The Morgan fingerprint density at radius 1 is 0.381 bits per heavy atom. The lowest BCUT2D eigenvalue weighted by molar-refractivity contribution is 0.667. The van der Waals surface area contributed by atoms with Crippen LogP contribution in [0.4, 0.5) is 17.1 Å². The second kappa shape index (κ2) is 15.4. The molecule has 3 heterocycles. The van der Waals surface area contributed by atoms with Crippen LogP contribution in [0, 0.1) is 0 Å². The maximum Gasteiger partial charge on any atom is 0.180 e. The van der Waals surface area contributed by atoms with E-state index in [2.05, 4.69) is 193 Å². The van der Waals surface area contributed by atoms with Gasteiger partial charge in [0, 0.05) is 53.7 Å². The Bertz CT molecular complexity index is 3520. The molecule has 63 heavy (non-hydrogen) atoms. The van der Waals surface area contributed by atoms with Gasteiger partial charge in [-0.2, -0.15) is 0 Å². The predicted octanol–water partition coefficient (Wildman–Crippen LogP) is 16.5. The van der Waals surface area contributed by atoms with Crippen molar-refractivity contribution in [2.24, 2.45) is 0 Å². The SMILES string of the molecule is c1ccc(-c2ccc(N(c3ccc(-c4ccccc4)cc3)c3ccc4c(c3)sc3cccc(-c5cccc(-c6nc(-c7ccccc7)c7oc8ccccc8c7n6)c5)c34)cc2)cc1. The van der Waals surface area contributed by atoms with Gasteiger partial charge in [0.05, 0.1) is 0 Å². The van der Waals surface area contributed by atoms with E-state index >= 15 is 0 Å². The smallest absolute Gasteiger partial charge is 0.180 e. The molecule has 0 unspecified atom stereocenters. The highest BCUT2D eigenvalue weighted by Crippen LogP contribution is 2.45. The highest BCUT2D eigenvalue weighted by molar-refractivity contribution is 7.26. The van der Waals surface area contributed by atoms with Crippen LogP contribution in [0.3, 0.4) is 0 Å². The Hall–Kier alpha value is -8.12. The number of anilines is 3. The van der Waals surface area contributed by atoms with Gasteiger partial charge in [-0.3, -0.25) is 0 Å². The molecule has 0 aliphatic carbocycles. The zero-order valence-electron chi connectivity index (χ0n) is 34.0. The molecule has 0 saturated heterocycles. The summed E-state index contributed by atoms with van der Waals surface area (Å²) in [4.78, 5) is 12.7. The van der Waals surface area contributed by atoms with Gasteiger partial charge in [-0.25, -0.2) is 9.97 Å². The summed E-state index contributed by atoms with van der Waals surface area (Å²) in [7, 11) is 0. The fraction of sp³-hybridized carbons (Fsp3) is 0. The van der Waals surface area contributed by atoms with Gasteiger partial charge in [0.15, 0.2) is 11.4 Å². The first kappa shape index (κ1) is 36.7. The summed E-state index contributed by atoms with van der Waals surface area (Å²) in [6, 6.07) is 79.4. The van der Waals surface area contributed by atoms with Crippen molar-refractivity contribution in [1.82, 2.24) is 9.97 Å². The summed E-state index contributed by atoms with van der Waals surface area (Å²) < 4.78 is 8.86. The molecule has 5 heteroatoms. The van der Waals surface area contributed by atoms with Crippen molar-refractivity contribution in [2.75, 3.05) is 4.90 Å². The average Bonchev–Trinajstić information content (AvgIpc) is 3.93. The molecule has 12 aromatic rings. The number of hydrogen-bond donors (Lipinski definition) is 0. The molecule has 0 spiro atoms. The first-order valence-corrected chi connectivity index (χ1v) is 22.0. The third kappa shape index (κ3) is 6.63. The van der Waals surface area contributed by atoms with Gasteiger partial charge in [-0.1, -0.05) is 164 Å². The molecule has 296 valence electrons. The van der Waals surface area contributed by atoms with Crippen molar-refractivity contribution in [1.29, 1.82) is 0 Å². The van der Waals surface area contributed by atoms with Gasteiger partial charge in [0.25, 0.3) is 0 Å². The highest BCUT2D eigenvalue weighted by atomic mass is 32.1. The second-order valence-electron chi connectivity index (χ2n) is 15.7. The number of hydrogen-bond acceptors (Lipinski definition) is 5. The number of nitrogens with zero attached hydrogens (tertiary/aromatic N) is 3. The van der Waals surface area contributed by atoms with Crippen molar-refractivity contribution in [3.8, 4) is 56.0 Å². The normalized spacial score (nSPS) is 11.5. The van der Waals surface area contributed by atoms with E-state index in [1.165, 1.54) is 48.0 Å². The number of thiophene rings is 1. The monoisotopic (exact) mass is 823 g/mol. The van der Waals surface area contributed by atoms with Crippen LogP contribution in [0.1, 0.15) is 0 Å². The first-order valence-electron chi connectivity index (χ1n) is 21.1. The van der Waals surface area contributed by atoms with E-state index in [9.17, 15) is 0 Å². The van der Waals surface area contributed by atoms with Crippen LogP contribution in [0.25, 0.3) is 98.3 Å². The van der Waals surface area contributed by atoms with E-state index in [0.717, 1.165) is 55.9 Å². The van der Waals surface area contributed by atoms with Gasteiger partial charge < -0.3 is 9.32 Å². The number of furan rings is 1. The molecule has 0 aliphatic rings. The number of rotatable bonds is 8. The summed E-state index contributed by atoms with van der Waals surface area (Å²) in [5.41, 5.74) is 15.4. The summed E-state index contributed by atoms with van der Waals surface area (Å²) >= 11 is 1.83. The van der Waals surface area contributed by atoms with Crippen molar-refractivity contribution < 1.29 is 4.42 Å². The van der Waals surface area contributed by atoms with Crippen LogP contribution in [0.5, 0.6) is 0 Å². The van der Waals surface area contributed by atoms with Gasteiger partial charge in [-0.05, 0) is 94.0 Å². The lowest BCUT2D eigenvalue weighted by Crippen LogP contribution is -2.09. The molecule has 0 atom stereocenters. The minimum absolute atomic E-state index is 0.662. The first-order chi connectivity index (χ1) is 31.2. The maximum absolute atomic E-state index is 6.39. The Labute approximate surface area is 368 Å². The number of benzene rings is 9. The maximum atomic E-state index is 6.39. The van der Waals surface area contributed by atoms with E-state index in [4.69, 9.17) is 14.4 Å². The Kier molecular flexibility index (Phi) is 8.98. The third-order valence-corrected chi connectivity index (χ3v) is 13.0. The van der Waals surface area contributed by atoms with E-state index < -0.39 is 0 Å². The van der Waals surface area contributed by atoms with Crippen molar-refractivity contribution in [3.63, 3.8) is 0 Å². The van der Waals surface area contributed by atoms with Crippen molar-refractivity contribution >= 4 is 70.6 Å². The van der Waals surface area contributed by atoms with Crippen LogP contribution < -0.4 is 4.90 Å². The summed E-state index contributed by atoms with van der Waals surface area (Å²) in [6.07, 6.45) is 0. The largest absolute Gasteiger partial charge is 0.452 e. The molecule has 3 aromatic heterocycles. The molecule has 4 nitrogen and oxygen atoms in total. The molecule has 12 rings (SSSR count). The van der Waals surface area contributed by atoms with Gasteiger partial charge in [-0.15, -0.1) is 11.3 Å². The van der Waals surface area contributed by atoms with Crippen LogP contribution in [0.2, 0.25) is 0 Å². The zero-order valence-corrected chi connectivity index (χ0v) is 34.8. The minimum atomic E-state index is 0.662. The fourth-order valence-corrected chi connectivity index (χ4v) is 10.0. The standard InChI is InChI=1S/C58H37N3OS/c1-4-14-38(15-5-1)40-26-30-45(31-27-40)61(46-32-28-41(29-33-46)39-16-6-2-7-17-39)47-34-35-50-53(37-47)63-52-25-13-23-48(54(50)52)43-20-12-21-44(36-43)58-59-55(42-18-8-3-9-19-42)57-56(60-58)49-22-10-11-24-51(49)62-57/h1-37H. The van der Waals surface area contributed by atoms with Crippen LogP contribution >= 0.6 is 11.3 Å². The third-order valence-electron chi connectivity index (χ3n) is 11.9. The highest BCUT2D eigenvalue weighted by Gasteiger charge is 2.20. The van der Waals surface area contributed by atoms with E-state index in [-0.39, 0.29) is 0 Å². The van der Waals surface area contributed by atoms with Crippen LogP contribution in [-0.2, 0) is 0 Å². The summed E-state index contributed by atoms with van der Waals surface area (Å²) in [5, 5.41) is 3.45. The molecule has 0 aliphatic heterocycles. The summed E-state index contributed by atoms with van der Waals surface area (Å²) in [5.74, 6) is 0.662. The molecular formula is C58H37N3OS. The van der Waals surface area contributed by atoms with Gasteiger partial charge in [0.1, 0.15) is 16.8 Å². The average molecular weight is 824 g/mol. The topological polar surface area (TPSA) is 42.2 Å². The Balaban J connectivity index is 0.959. The lowest BCUT2D eigenvalue weighted by atomic mass is 9.97. The predicted molar refractivity (Wildman–Crippen MR) is 264 cm³/mol. The second-order valence-corrected chi connectivity index (χ2v) is 16.8. The lowest BCUT2D eigenvalue weighted by Gasteiger charge is -2.26. The van der Waals surface area contributed by atoms with Crippen molar-refractivity contribution in [2.45, 2.75) is 0 Å². The van der Waals surface area contributed by atoms with Crippen molar-refractivity contribution in [3.05, 3.63) is 224 Å². The molecule has 0 saturated carbocycles. The van der Waals surface area contributed by atoms with E-state index in [1.807, 2.05) is 47.7 Å². The number of para-hydroxylation sites is 1. The molecule has 0 amide bonds. The number of fused-ring (bicyclic) bond motifs is 6. The molecule has 9 aromatic carbocycles. The van der Waals surface area contributed by atoms with Crippen LogP contribution in [-0.4, -0.2) is 9.97 Å².